The smallest absolute Gasteiger partial charge is 0.340 e. The third-order valence-corrected chi connectivity index (χ3v) is 5.40. The van der Waals surface area contributed by atoms with Crippen molar-refractivity contribution in [2.75, 3.05) is 7.05 Å². The Hall–Kier alpha value is -2.67. The number of imide groups is 1. The van der Waals surface area contributed by atoms with Crippen molar-refractivity contribution >= 4 is 29.2 Å². The molecule has 1 atom stereocenters. The van der Waals surface area contributed by atoms with Crippen molar-refractivity contribution in [3.05, 3.63) is 57.3 Å². The summed E-state index contributed by atoms with van der Waals surface area (Å²) < 4.78 is 5.53. The maximum absolute atomic E-state index is 12.7. The van der Waals surface area contributed by atoms with Gasteiger partial charge in [0.05, 0.1) is 5.56 Å². The van der Waals surface area contributed by atoms with Crippen LogP contribution in [0, 0.1) is 0 Å². The number of carbonyl (C=O) groups is 3. The van der Waals surface area contributed by atoms with E-state index in [4.69, 9.17) is 4.74 Å². The maximum Gasteiger partial charge on any atom is 0.340 e. The number of fused-ring (bicyclic) bond motifs is 1. The zero-order chi connectivity index (χ0) is 18.5. The molecule has 0 radical (unpaired) electrons. The highest BCUT2D eigenvalue weighted by molar-refractivity contribution is 7.10. The van der Waals surface area contributed by atoms with E-state index in [1.54, 1.807) is 47.0 Å². The summed E-state index contributed by atoms with van der Waals surface area (Å²) in [5.74, 6) is -1.22. The summed E-state index contributed by atoms with van der Waals surface area (Å²) in [6.07, 6.45) is 2.81. The summed E-state index contributed by atoms with van der Waals surface area (Å²) >= 11 is 1.56. The topological polar surface area (TPSA) is 84.5 Å². The van der Waals surface area contributed by atoms with Crippen LogP contribution in [0.4, 0.5) is 4.79 Å². The predicted octanol–water partition coefficient (Wildman–Crippen LogP) is 2.98. The highest BCUT2D eigenvalue weighted by Gasteiger charge is 2.29. The van der Waals surface area contributed by atoms with Gasteiger partial charge in [-0.2, -0.15) is 0 Å². The molecule has 0 spiro atoms. The monoisotopic (exact) mass is 372 g/mol. The first-order valence-corrected chi connectivity index (χ1v) is 9.36. The average molecular weight is 372 g/mol. The Bertz CT molecular complexity index is 816. The molecule has 1 aliphatic carbocycles. The van der Waals surface area contributed by atoms with E-state index in [0.717, 1.165) is 31.2 Å². The number of hydrogen-bond acceptors (Lipinski definition) is 5. The number of esters is 1. The fourth-order valence-corrected chi connectivity index (χ4v) is 4.09. The van der Waals surface area contributed by atoms with Crippen molar-refractivity contribution in [1.82, 2.24) is 10.6 Å². The Morgan fingerprint density at radius 3 is 2.58 bits per heavy atom. The third kappa shape index (κ3) is 3.94. The Morgan fingerprint density at radius 2 is 1.85 bits per heavy atom. The average Bonchev–Trinajstić information content (AvgIpc) is 3.10. The van der Waals surface area contributed by atoms with Crippen molar-refractivity contribution < 1.29 is 19.1 Å². The lowest BCUT2D eigenvalue weighted by Crippen LogP contribution is -2.41. The van der Waals surface area contributed by atoms with Gasteiger partial charge in [-0.25, -0.2) is 9.59 Å². The van der Waals surface area contributed by atoms with Crippen LogP contribution in [0.25, 0.3) is 0 Å². The number of benzene rings is 1. The molecule has 136 valence electrons. The van der Waals surface area contributed by atoms with E-state index in [1.807, 2.05) is 0 Å². The van der Waals surface area contributed by atoms with Crippen LogP contribution in [0.3, 0.4) is 0 Å². The molecule has 1 aromatic heterocycles. The lowest BCUT2D eigenvalue weighted by molar-refractivity contribution is -0.129. The highest BCUT2D eigenvalue weighted by atomic mass is 32.1. The first kappa shape index (κ1) is 18.1. The van der Waals surface area contributed by atoms with Crippen LogP contribution in [-0.4, -0.2) is 25.0 Å². The van der Waals surface area contributed by atoms with Crippen molar-refractivity contribution in [3.8, 4) is 0 Å². The molecule has 2 N–H and O–H groups in total. The van der Waals surface area contributed by atoms with Gasteiger partial charge >= 0.3 is 12.0 Å². The van der Waals surface area contributed by atoms with Crippen LogP contribution >= 0.6 is 11.3 Å². The van der Waals surface area contributed by atoms with Gasteiger partial charge < -0.3 is 10.1 Å². The molecule has 1 aromatic carbocycles. The Balaban J connectivity index is 1.83. The van der Waals surface area contributed by atoms with E-state index in [-0.39, 0.29) is 0 Å². The Kier molecular flexibility index (Phi) is 5.68. The SMILES string of the molecule is CNC(=O)NC(=O)[C@@H](OC(=O)c1csc2c1CCCC2)c1ccccc1. The quantitative estimate of drug-likeness (QED) is 0.808. The minimum atomic E-state index is -1.19. The van der Waals surface area contributed by atoms with Crippen molar-refractivity contribution in [1.29, 1.82) is 0 Å². The van der Waals surface area contributed by atoms with Crippen molar-refractivity contribution in [2.45, 2.75) is 31.8 Å². The summed E-state index contributed by atoms with van der Waals surface area (Å²) in [5, 5.41) is 6.29. The largest absolute Gasteiger partial charge is 0.444 e. The summed E-state index contributed by atoms with van der Waals surface area (Å²) in [5.41, 5.74) is 2.06. The van der Waals surface area contributed by atoms with Gasteiger partial charge in [0.15, 0.2) is 0 Å². The maximum atomic E-state index is 12.7. The van der Waals surface area contributed by atoms with E-state index in [0.29, 0.717) is 11.1 Å². The summed E-state index contributed by atoms with van der Waals surface area (Å²) in [6, 6.07) is 8.01. The molecule has 26 heavy (non-hydrogen) atoms. The number of rotatable bonds is 4. The second kappa shape index (κ2) is 8.14. The van der Waals surface area contributed by atoms with Crippen LogP contribution in [0.5, 0.6) is 0 Å². The van der Waals surface area contributed by atoms with Crippen molar-refractivity contribution in [2.24, 2.45) is 0 Å². The summed E-state index contributed by atoms with van der Waals surface area (Å²) in [4.78, 5) is 37.9. The van der Waals surface area contributed by atoms with Crippen LogP contribution in [0.1, 0.15) is 45.3 Å². The van der Waals surface area contributed by atoms with Gasteiger partial charge in [-0.05, 0) is 31.2 Å². The van der Waals surface area contributed by atoms with Gasteiger partial charge in [0.1, 0.15) is 0 Å². The fourth-order valence-electron chi connectivity index (χ4n) is 2.98. The summed E-state index contributed by atoms with van der Waals surface area (Å²) in [6.45, 7) is 0. The first-order valence-electron chi connectivity index (χ1n) is 8.48. The minimum absolute atomic E-state index is 0.506. The molecule has 2 aromatic rings. The van der Waals surface area contributed by atoms with E-state index in [1.165, 1.54) is 11.9 Å². The van der Waals surface area contributed by atoms with Crippen molar-refractivity contribution in [3.63, 3.8) is 0 Å². The molecule has 6 nitrogen and oxygen atoms in total. The zero-order valence-corrected chi connectivity index (χ0v) is 15.2. The molecule has 0 fully saturated rings. The number of aryl methyl sites for hydroxylation is 1. The number of hydrogen-bond donors (Lipinski definition) is 2. The van der Waals surface area contributed by atoms with Crippen LogP contribution < -0.4 is 10.6 Å². The number of urea groups is 1. The van der Waals surface area contributed by atoms with Crippen LogP contribution in [0.2, 0.25) is 0 Å². The normalized spacial score (nSPS) is 14.0. The molecular formula is C19H20N2O4S. The molecule has 0 unspecified atom stereocenters. The van der Waals surface area contributed by atoms with Gasteiger partial charge in [0.25, 0.3) is 5.91 Å². The zero-order valence-electron chi connectivity index (χ0n) is 14.4. The van der Waals surface area contributed by atoms with Crippen LogP contribution in [-0.2, 0) is 22.4 Å². The fraction of sp³-hybridized carbons (Fsp3) is 0.316. The number of thiophene rings is 1. The van der Waals surface area contributed by atoms with Gasteiger partial charge in [-0.3, -0.25) is 10.1 Å². The second-order valence-electron chi connectivity index (χ2n) is 6.02. The van der Waals surface area contributed by atoms with E-state index in [2.05, 4.69) is 10.6 Å². The molecule has 7 heteroatoms. The van der Waals surface area contributed by atoms with Gasteiger partial charge in [-0.15, -0.1) is 11.3 Å². The molecule has 0 bridgehead atoms. The molecule has 0 saturated heterocycles. The number of carbonyl (C=O) groups excluding carboxylic acids is 3. The molecular weight excluding hydrogens is 352 g/mol. The van der Waals surface area contributed by atoms with Gasteiger partial charge in [0, 0.05) is 22.9 Å². The predicted molar refractivity (Wildman–Crippen MR) is 98.2 cm³/mol. The molecule has 0 aliphatic heterocycles. The number of amides is 3. The van der Waals surface area contributed by atoms with Crippen LogP contribution in [0.15, 0.2) is 35.7 Å². The lowest BCUT2D eigenvalue weighted by atomic mass is 9.96. The molecule has 1 aliphatic rings. The molecule has 3 amide bonds. The van der Waals surface area contributed by atoms with Gasteiger partial charge in [0.2, 0.25) is 6.10 Å². The molecule has 1 heterocycles. The highest BCUT2D eigenvalue weighted by Crippen LogP contribution is 2.31. The number of nitrogens with one attached hydrogen (secondary N) is 2. The van der Waals surface area contributed by atoms with E-state index >= 15 is 0 Å². The number of ether oxygens (including phenoxy) is 1. The third-order valence-electron chi connectivity index (χ3n) is 4.31. The van der Waals surface area contributed by atoms with E-state index < -0.39 is 24.0 Å². The minimum Gasteiger partial charge on any atom is -0.444 e. The second-order valence-corrected chi connectivity index (χ2v) is 6.99. The Labute approximate surface area is 155 Å². The standard InChI is InChI=1S/C19H20N2O4S/c1-20-19(24)21-17(22)16(12-7-3-2-4-8-12)25-18(23)14-11-26-15-10-6-5-9-13(14)15/h2-4,7-8,11,16H,5-6,9-10H2,1H3,(H2,20,21,22,24)/t16-/m0/s1. The van der Waals surface area contributed by atoms with E-state index in [9.17, 15) is 14.4 Å². The lowest BCUT2D eigenvalue weighted by Gasteiger charge is -2.18. The van der Waals surface area contributed by atoms with Gasteiger partial charge in [-0.1, -0.05) is 30.3 Å². The summed E-state index contributed by atoms with van der Waals surface area (Å²) in [7, 11) is 1.41. The molecule has 0 saturated carbocycles. The first-order chi connectivity index (χ1) is 12.6. The Morgan fingerprint density at radius 1 is 1.12 bits per heavy atom. The molecule has 3 rings (SSSR count).